The van der Waals surface area contributed by atoms with Gasteiger partial charge >= 0.3 is 0 Å². The summed E-state index contributed by atoms with van der Waals surface area (Å²) in [5.41, 5.74) is 13.8. The Morgan fingerprint density at radius 1 is 0.310 bits per heavy atom. The van der Waals surface area contributed by atoms with E-state index < -0.39 is 0 Å². The Morgan fingerprint density at radius 2 is 0.786 bits per heavy atom. The van der Waals surface area contributed by atoms with Crippen molar-refractivity contribution < 1.29 is 0 Å². The smallest absolute Gasteiger partial charge is 0.0726 e. The maximum atomic E-state index is 2.45. The molecule has 42 heavy (non-hydrogen) atoms. The molecule has 7 aromatic carbocycles. The van der Waals surface area contributed by atoms with Crippen molar-refractivity contribution in [2.45, 2.75) is 5.41 Å². The van der Waals surface area contributed by atoms with Crippen LogP contribution in [0.1, 0.15) is 22.3 Å². The standard InChI is InChI=1S/C41H27N/c1-2-14-30(15-3-1)42(31-23-22-28-12-4-5-13-29(28)26-31)32-24-25-36-35-18-8-11-21-39(35)41(40(36)27-32)37-19-9-6-16-33(37)34-17-7-10-20-38(34)41/h1-27H. The van der Waals surface area contributed by atoms with E-state index >= 15 is 0 Å². The predicted molar refractivity (Wildman–Crippen MR) is 175 cm³/mol. The molecular formula is C41H27N. The fourth-order valence-corrected chi connectivity index (χ4v) is 7.56. The minimum Gasteiger partial charge on any atom is -0.310 e. The van der Waals surface area contributed by atoms with Gasteiger partial charge in [0.1, 0.15) is 0 Å². The van der Waals surface area contributed by atoms with Gasteiger partial charge in [-0.3, -0.25) is 0 Å². The molecule has 0 aliphatic heterocycles. The van der Waals surface area contributed by atoms with Crippen molar-refractivity contribution in [3.8, 4) is 22.3 Å². The van der Waals surface area contributed by atoms with Gasteiger partial charge in [-0.15, -0.1) is 0 Å². The number of fused-ring (bicyclic) bond motifs is 11. The molecule has 0 saturated heterocycles. The number of nitrogens with zero attached hydrogens (tertiary/aromatic N) is 1. The zero-order valence-corrected chi connectivity index (χ0v) is 23.0. The molecule has 9 rings (SSSR count). The van der Waals surface area contributed by atoms with Crippen molar-refractivity contribution in [2.75, 3.05) is 4.90 Å². The van der Waals surface area contributed by atoms with Gasteiger partial charge in [0.15, 0.2) is 0 Å². The molecular weight excluding hydrogens is 506 g/mol. The van der Waals surface area contributed by atoms with Gasteiger partial charge in [-0.1, -0.05) is 127 Å². The van der Waals surface area contributed by atoms with Gasteiger partial charge in [0.2, 0.25) is 0 Å². The summed E-state index contributed by atoms with van der Waals surface area (Å²) >= 11 is 0. The van der Waals surface area contributed by atoms with Crippen molar-refractivity contribution in [3.05, 3.63) is 186 Å². The lowest BCUT2D eigenvalue weighted by Gasteiger charge is -2.32. The van der Waals surface area contributed by atoms with Gasteiger partial charge in [-0.25, -0.2) is 0 Å². The molecule has 0 unspecified atom stereocenters. The van der Waals surface area contributed by atoms with Gasteiger partial charge in [-0.2, -0.15) is 0 Å². The highest BCUT2D eigenvalue weighted by Gasteiger charge is 2.51. The van der Waals surface area contributed by atoms with Crippen LogP contribution in [0.5, 0.6) is 0 Å². The van der Waals surface area contributed by atoms with Crippen LogP contribution in [0.4, 0.5) is 17.1 Å². The van der Waals surface area contributed by atoms with E-state index in [0.717, 1.165) is 17.1 Å². The maximum absolute atomic E-state index is 2.45. The van der Waals surface area contributed by atoms with Gasteiger partial charge in [-0.05, 0) is 91.7 Å². The van der Waals surface area contributed by atoms with Crippen LogP contribution in [0.3, 0.4) is 0 Å². The van der Waals surface area contributed by atoms with Crippen LogP contribution >= 0.6 is 0 Å². The van der Waals surface area contributed by atoms with Crippen molar-refractivity contribution in [1.29, 1.82) is 0 Å². The molecule has 2 aliphatic rings. The van der Waals surface area contributed by atoms with E-state index in [1.807, 2.05) is 0 Å². The van der Waals surface area contributed by atoms with E-state index in [9.17, 15) is 0 Å². The number of anilines is 3. The van der Waals surface area contributed by atoms with Crippen molar-refractivity contribution in [2.24, 2.45) is 0 Å². The number of hydrogen-bond donors (Lipinski definition) is 0. The van der Waals surface area contributed by atoms with Gasteiger partial charge < -0.3 is 4.90 Å². The second-order valence-electron chi connectivity index (χ2n) is 11.3. The van der Waals surface area contributed by atoms with E-state index in [1.165, 1.54) is 55.3 Å². The minimum atomic E-state index is -0.360. The first kappa shape index (κ1) is 23.3. The Morgan fingerprint density at radius 3 is 1.43 bits per heavy atom. The van der Waals surface area contributed by atoms with Crippen LogP contribution in [-0.2, 0) is 5.41 Å². The summed E-state index contributed by atoms with van der Waals surface area (Å²) in [5.74, 6) is 0. The first-order chi connectivity index (χ1) is 20.8. The lowest BCUT2D eigenvalue weighted by Crippen LogP contribution is -2.26. The van der Waals surface area contributed by atoms with Gasteiger partial charge in [0, 0.05) is 17.1 Å². The monoisotopic (exact) mass is 533 g/mol. The van der Waals surface area contributed by atoms with Crippen LogP contribution in [0.15, 0.2) is 164 Å². The normalized spacial score (nSPS) is 13.4. The summed E-state index contributed by atoms with van der Waals surface area (Å²) < 4.78 is 0. The largest absolute Gasteiger partial charge is 0.310 e. The molecule has 0 aromatic heterocycles. The summed E-state index contributed by atoms with van der Waals surface area (Å²) in [6, 6.07) is 60.2. The van der Waals surface area contributed by atoms with Crippen LogP contribution in [0, 0.1) is 0 Å². The van der Waals surface area contributed by atoms with Crippen molar-refractivity contribution in [3.63, 3.8) is 0 Å². The average molecular weight is 534 g/mol. The molecule has 0 bridgehead atoms. The fraction of sp³-hybridized carbons (Fsp3) is 0.0244. The van der Waals surface area contributed by atoms with Gasteiger partial charge in [0.25, 0.3) is 0 Å². The Bertz CT molecular complexity index is 2090. The summed E-state index contributed by atoms with van der Waals surface area (Å²) in [4.78, 5) is 2.40. The summed E-state index contributed by atoms with van der Waals surface area (Å²) in [5, 5.41) is 2.48. The molecule has 0 amide bonds. The molecule has 1 nitrogen and oxygen atoms in total. The van der Waals surface area contributed by atoms with Crippen LogP contribution in [0.2, 0.25) is 0 Å². The van der Waals surface area contributed by atoms with Crippen LogP contribution in [-0.4, -0.2) is 0 Å². The van der Waals surface area contributed by atoms with E-state index in [1.54, 1.807) is 0 Å². The van der Waals surface area contributed by atoms with E-state index in [-0.39, 0.29) is 5.41 Å². The Labute approximate surface area is 246 Å². The number of hydrogen-bond acceptors (Lipinski definition) is 1. The lowest BCUT2D eigenvalue weighted by atomic mass is 9.70. The van der Waals surface area contributed by atoms with E-state index in [0.29, 0.717) is 0 Å². The lowest BCUT2D eigenvalue weighted by molar-refractivity contribution is 0.793. The van der Waals surface area contributed by atoms with Gasteiger partial charge in [0.05, 0.1) is 5.41 Å². The molecule has 0 N–H and O–H groups in total. The Hall–Kier alpha value is -5.40. The maximum Gasteiger partial charge on any atom is 0.0726 e. The third-order valence-corrected chi connectivity index (χ3v) is 9.24. The first-order valence-corrected chi connectivity index (χ1v) is 14.6. The second-order valence-corrected chi connectivity index (χ2v) is 11.3. The molecule has 0 saturated carbocycles. The van der Waals surface area contributed by atoms with E-state index in [2.05, 4.69) is 169 Å². The topological polar surface area (TPSA) is 3.24 Å². The number of para-hydroxylation sites is 1. The Kier molecular flexibility index (Phi) is 4.88. The average Bonchev–Trinajstić information content (AvgIpc) is 3.53. The minimum absolute atomic E-state index is 0.360. The molecule has 7 aromatic rings. The zero-order chi connectivity index (χ0) is 27.7. The van der Waals surface area contributed by atoms with Crippen molar-refractivity contribution in [1.82, 2.24) is 0 Å². The zero-order valence-electron chi connectivity index (χ0n) is 23.0. The van der Waals surface area contributed by atoms with E-state index in [4.69, 9.17) is 0 Å². The summed E-state index contributed by atoms with van der Waals surface area (Å²) in [6.07, 6.45) is 0. The Balaban J connectivity index is 1.34. The molecule has 1 spiro atoms. The molecule has 0 atom stereocenters. The highest BCUT2D eigenvalue weighted by Crippen LogP contribution is 2.63. The molecule has 0 radical (unpaired) electrons. The van der Waals surface area contributed by atoms with Crippen LogP contribution < -0.4 is 4.90 Å². The fourth-order valence-electron chi connectivity index (χ4n) is 7.56. The highest BCUT2D eigenvalue weighted by molar-refractivity contribution is 5.96. The predicted octanol–water partition coefficient (Wildman–Crippen LogP) is 10.7. The van der Waals surface area contributed by atoms with Crippen molar-refractivity contribution >= 4 is 27.8 Å². The molecule has 196 valence electrons. The SMILES string of the molecule is c1ccc(N(c2ccc3c(c2)C2(c4ccccc4-c4ccccc42)c2ccccc2-3)c2ccc3ccccc3c2)cc1. The third kappa shape index (κ3) is 3.08. The number of rotatable bonds is 3. The second kappa shape index (κ2) is 8.80. The first-order valence-electron chi connectivity index (χ1n) is 14.6. The number of benzene rings is 7. The summed E-state index contributed by atoms with van der Waals surface area (Å²) in [7, 11) is 0. The quantitative estimate of drug-likeness (QED) is 0.218. The molecule has 2 aliphatic carbocycles. The van der Waals surface area contributed by atoms with Crippen LogP contribution in [0.25, 0.3) is 33.0 Å². The third-order valence-electron chi connectivity index (χ3n) is 9.24. The molecule has 1 heteroatoms. The molecule has 0 fully saturated rings. The summed E-state index contributed by atoms with van der Waals surface area (Å²) in [6.45, 7) is 0. The highest BCUT2D eigenvalue weighted by atomic mass is 15.1. The molecule has 0 heterocycles.